The van der Waals surface area contributed by atoms with E-state index in [9.17, 15) is 4.79 Å². The number of hydrogen-bond acceptors (Lipinski definition) is 6. The van der Waals surface area contributed by atoms with Crippen LogP contribution in [0.15, 0.2) is 76.4 Å². The van der Waals surface area contributed by atoms with Crippen LogP contribution in [0, 0.1) is 0 Å². The molecule has 1 aliphatic rings. The molecule has 0 unspecified atom stereocenters. The Balaban J connectivity index is 1.34. The maximum absolute atomic E-state index is 12.6. The number of para-hydroxylation sites is 1. The molecule has 1 fully saturated rings. The van der Waals surface area contributed by atoms with E-state index in [4.69, 9.17) is 9.52 Å². The highest BCUT2D eigenvalue weighted by molar-refractivity contribution is 7.99. The zero-order valence-corrected chi connectivity index (χ0v) is 16.9. The maximum atomic E-state index is 12.6. The van der Waals surface area contributed by atoms with Gasteiger partial charge in [0.2, 0.25) is 11.8 Å². The number of anilines is 1. The highest BCUT2D eigenvalue weighted by Gasteiger charge is 2.29. The third kappa shape index (κ3) is 4.13. The van der Waals surface area contributed by atoms with Crippen LogP contribution in [-0.2, 0) is 4.79 Å². The van der Waals surface area contributed by atoms with Crippen molar-refractivity contribution in [2.45, 2.75) is 24.0 Å². The van der Waals surface area contributed by atoms with Crippen LogP contribution >= 0.6 is 11.8 Å². The number of carbonyl (C=O) groups is 1. The van der Waals surface area contributed by atoms with Crippen LogP contribution in [0.25, 0.3) is 16.9 Å². The number of nitrogens with one attached hydrogen (secondary N) is 1. The van der Waals surface area contributed by atoms with Gasteiger partial charge in [0.1, 0.15) is 5.82 Å². The minimum Gasteiger partial charge on any atom is -0.416 e. The number of amides is 1. The van der Waals surface area contributed by atoms with E-state index in [2.05, 4.69) is 15.5 Å². The van der Waals surface area contributed by atoms with E-state index in [1.165, 1.54) is 11.8 Å². The highest BCUT2D eigenvalue weighted by Crippen LogP contribution is 2.39. The molecule has 1 saturated carbocycles. The minimum atomic E-state index is -0.164. The van der Waals surface area contributed by atoms with Gasteiger partial charge >= 0.3 is 0 Å². The summed E-state index contributed by atoms with van der Waals surface area (Å²) >= 11 is 1.24. The third-order valence-electron chi connectivity index (χ3n) is 4.72. The van der Waals surface area contributed by atoms with E-state index in [1.807, 2.05) is 66.7 Å². The monoisotopic (exact) mass is 417 g/mol. The summed E-state index contributed by atoms with van der Waals surface area (Å²) in [6.45, 7) is 0. The third-order valence-corrected chi connectivity index (χ3v) is 5.54. The average molecular weight is 417 g/mol. The van der Waals surface area contributed by atoms with Gasteiger partial charge in [-0.2, -0.15) is 5.10 Å². The van der Waals surface area contributed by atoms with E-state index in [1.54, 1.807) is 4.68 Å². The average Bonchev–Trinajstić information content (AvgIpc) is 3.38. The van der Waals surface area contributed by atoms with Crippen LogP contribution in [-0.4, -0.2) is 31.6 Å². The van der Waals surface area contributed by atoms with Crippen LogP contribution in [0.3, 0.4) is 0 Å². The van der Waals surface area contributed by atoms with E-state index in [0.717, 1.165) is 29.8 Å². The van der Waals surface area contributed by atoms with Gasteiger partial charge in [-0.1, -0.05) is 60.3 Å². The minimum absolute atomic E-state index is 0.164. The standard InChI is InChI=1S/C22H19N5O2S/c28-20(14-30-22-25-24-21(29-22)16-11-12-16)23-19-13-18(15-7-3-1-4-8-15)26-27(19)17-9-5-2-6-10-17/h1-10,13,16H,11-12,14H2,(H,23,28). The summed E-state index contributed by atoms with van der Waals surface area (Å²) in [6, 6.07) is 21.5. The summed E-state index contributed by atoms with van der Waals surface area (Å²) in [5.74, 6) is 1.69. The Kier molecular flexibility index (Phi) is 5.06. The molecular weight excluding hydrogens is 398 g/mol. The Morgan fingerprint density at radius 2 is 1.80 bits per heavy atom. The number of carbonyl (C=O) groups excluding carboxylic acids is 1. The predicted octanol–water partition coefficient (Wildman–Crippen LogP) is 4.53. The Hall–Kier alpha value is -3.39. The molecule has 8 heteroatoms. The quantitative estimate of drug-likeness (QED) is 0.445. The van der Waals surface area contributed by atoms with E-state index >= 15 is 0 Å². The van der Waals surface area contributed by atoms with Gasteiger partial charge in [0.15, 0.2) is 0 Å². The molecule has 0 spiro atoms. The van der Waals surface area contributed by atoms with Crippen molar-refractivity contribution in [2.75, 3.05) is 11.1 Å². The lowest BCUT2D eigenvalue weighted by molar-refractivity contribution is -0.113. The number of aromatic nitrogens is 4. The molecular formula is C22H19N5O2S. The molecule has 5 rings (SSSR count). The Morgan fingerprint density at radius 1 is 1.07 bits per heavy atom. The molecule has 1 N–H and O–H groups in total. The fraction of sp³-hybridized carbons (Fsp3) is 0.182. The smallest absolute Gasteiger partial charge is 0.277 e. The molecule has 4 aromatic rings. The molecule has 1 amide bonds. The van der Waals surface area contributed by atoms with Crippen molar-refractivity contribution < 1.29 is 9.21 Å². The van der Waals surface area contributed by atoms with Gasteiger partial charge in [0.05, 0.1) is 17.1 Å². The molecule has 2 aromatic heterocycles. The van der Waals surface area contributed by atoms with Crippen molar-refractivity contribution in [3.63, 3.8) is 0 Å². The lowest BCUT2D eigenvalue weighted by Crippen LogP contribution is -2.16. The summed E-state index contributed by atoms with van der Waals surface area (Å²) in [6.07, 6.45) is 2.19. The second kappa shape index (κ2) is 8.16. The second-order valence-corrected chi connectivity index (χ2v) is 7.97. The van der Waals surface area contributed by atoms with Gasteiger partial charge in [0.25, 0.3) is 5.22 Å². The Labute approximate surface area is 177 Å². The summed E-state index contributed by atoms with van der Waals surface area (Å²) in [7, 11) is 0. The van der Waals surface area contributed by atoms with Crippen LogP contribution in [0.1, 0.15) is 24.7 Å². The summed E-state index contributed by atoms with van der Waals surface area (Å²) < 4.78 is 7.35. The van der Waals surface area contributed by atoms with Crippen molar-refractivity contribution in [3.05, 3.63) is 72.6 Å². The van der Waals surface area contributed by atoms with Gasteiger partial charge in [-0.05, 0) is 25.0 Å². The SMILES string of the molecule is O=C(CSc1nnc(C2CC2)o1)Nc1cc(-c2ccccc2)nn1-c1ccccc1. The fourth-order valence-electron chi connectivity index (χ4n) is 3.07. The molecule has 0 atom stereocenters. The van der Waals surface area contributed by atoms with Crippen molar-refractivity contribution in [1.29, 1.82) is 0 Å². The normalized spacial score (nSPS) is 13.3. The molecule has 150 valence electrons. The first-order valence-electron chi connectivity index (χ1n) is 9.73. The van der Waals surface area contributed by atoms with E-state index in [-0.39, 0.29) is 11.7 Å². The highest BCUT2D eigenvalue weighted by atomic mass is 32.2. The molecule has 0 radical (unpaired) electrons. The number of hydrogen-bond donors (Lipinski definition) is 1. The van der Waals surface area contributed by atoms with Crippen LogP contribution in [0.4, 0.5) is 5.82 Å². The largest absolute Gasteiger partial charge is 0.416 e. The van der Waals surface area contributed by atoms with Crippen molar-refractivity contribution in [1.82, 2.24) is 20.0 Å². The molecule has 0 aliphatic heterocycles. The molecule has 0 bridgehead atoms. The van der Waals surface area contributed by atoms with Gasteiger partial charge in [-0.25, -0.2) is 4.68 Å². The summed E-state index contributed by atoms with van der Waals surface area (Å²) in [5, 5.41) is 16.2. The Bertz CT molecular complexity index is 1150. The lowest BCUT2D eigenvalue weighted by Gasteiger charge is -2.08. The molecule has 0 saturated heterocycles. The zero-order chi connectivity index (χ0) is 20.3. The lowest BCUT2D eigenvalue weighted by atomic mass is 10.2. The zero-order valence-electron chi connectivity index (χ0n) is 16.1. The van der Waals surface area contributed by atoms with Gasteiger partial charge < -0.3 is 9.73 Å². The van der Waals surface area contributed by atoms with Gasteiger partial charge in [-0.3, -0.25) is 4.79 Å². The number of nitrogens with zero attached hydrogens (tertiary/aromatic N) is 4. The first-order chi connectivity index (χ1) is 14.8. The van der Waals surface area contributed by atoms with Crippen molar-refractivity contribution in [2.24, 2.45) is 0 Å². The molecule has 7 nitrogen and oxygen atoms in total. The topological polar surface area (TPSA) is 85.8 Å². The van der Waals surface area contributed by atoms with Crippen LogP contribution in [0.2, 0.25) is 0 Å². The van der Waals surface area contributed by atoms with Gasteiger partial charge in [-0.15, -0.1) is 10.2 Å². The van der Waals surface area contributed by atoms with Crippen LogP contribution in [0.5, 0.6) is 0 Å². The van der Waals surface area contributed by atoms with E-state index in [0.29, 0.717) is 22.8 Å². The molecule has 2 aromatic carbocycles. The summed E-state index contributed by atoms with van der Waals surface area (Å²) in [4.78, 5) is 12.6. The number of thioether (sulfide) groups is 1. The van der Waals surface area contributed by atoms with E-state index < -0.39 is 0 Å². The first kappa shape index (κ1) is 18.6. The second-order valence-electron chi connectivity index (χ2n) is 7.05. The maximum Gasteiger partial charge on any atom is 0.277 e. The molecule has 30 heavy (non-hydrogen) atoms. The molecule has 1 aliphatic carbocycles. The predicted molar refractivity (Wildman–Crippen MR) is 115 cm³/mol. The molecule has 2 heterocycles. The first-order valence-corrected chi connectivity index (χ1v) is 10.7. The van der Waals surface area contributed by atoms with Crippen molar-refractivity contribution in [3.8, 4) is 16.9 Å². The van der Waals surface area contributed by atoms with Crippen LogP contribution < -0.4 is 5.32 Å². The number of benzene rings is 2. The van der Waals surface area contributed by atoms with Gasteiger partial charge in [0, 0.05) is 17.5 Å². The fourth-order valence-corrected chi connectivity index (χ4v) is 3.64. The van der Waals surface area contributed by atoms with Crippen molar-refractivity contribution >= 4 is 23.5 Å². The summed E-state index contributed by atoms with van der Waals surface area (Å²) in [5.41, 5.74) is 2.64. The Morgan fingerprint density at radius 3 is 2.53 bits per heavy atom. The number of rotatable bonds is 7.